The van der Waals surface area contributed by atoms with Crippen LogP contribution in [0.2, 0.25) is 0 Å². The van der Waals surface area contributed by atoms with E-state index in [0.717, 1.165) is 0 Å². The Labute approximate surface area is 170 Å². The van der Waals surface area contributed by atoms with Gasteiger partial charge in [0.1, 0.15) is 0 Å². The Morgan fingerprint density at radius 2 is 1.64 bits per heavy atom. The zero-order valence-electron chi connectivity index (χ0n) is 12.3. The topological polar surface area (TPSA) is 142 Å². The van der Waals surface area contributed by atoms with Crippen LogP contribution in [0.4, 0.5) is 5.69 Å². The molecule has 1 rings (SSSR count). The number of carboxylic acids is 2. The third kappa shape index (κ3) is 8.14. The van der Waals surface area contributed by atoms with Crippen LogP contribution in [-0.4, -0.2) is 29.1 Å². The Morgan fingerprint density at radius 1 is 1.09 bits per heavy atom. The Hall–Kier alpha value is -0.610. The normalized spacial score (nSPS) is 10.4. The number of carbonyl (C=O) groups excluding carboxylic acids is 3. The molecule has 0 aliphatic heterocycles. The molecule has 10 heteroatoms. The van der Waals surface area contributed by atoms with Gasteiger partial charge in [-0.25, -0.2) is 0 Å². The van der Waals surface area contributed by atoms with Crippen LogP contribution in [0.25, 0.3) is 0 Å². The molecule has 0 bridgehead atoms. The number of hydrogen-bond donors (Lipinski definition) is 3. The number of nitrogens with one attached hydrogen (secondary N) is 2. The Morgan fingerprint density at radius 3 is 2.05 bits per heavy atom. The second-order valence-corrected chi connectivity index (χ2v) is 3.94. The van der Waals surface area contributed by atoms with Crippen molar-refractivity contribution in [2.75, 3.05) is 5.48 Å². The second kappa shape index (κ2) is 11.9. The molecule has 0 saturated heterocycles. The first kappa shape index (κ1) is 23.7. The summed E-state index contributed by atoms with van der Waals surface area (Å²) in [5.74, 6) is -3.68. The average molecular weight is 326 g/mol. The van der Waals surface area contributed by atoms with Crippen molar-refractivity contribution >= 4 is 23.5 Å². The maximum absolute atomic E-state index is 11.8. The minimum Gasteiger partial charge on any atom is -0.550 e. The van der Waals surface area contributed by atoms with Crippen molar-refractivity contribution < 1.29 is 88.9 Å². The van der Waals surface area contributed by atoms with Gasteiger partial charge in [0.25, 0.3) is 5.91 Å². The van der Waals surface area contributed by atoms with E-state index in [2.05, 4.69) is 5.32 Å². The fourth-order valence-corrected chi connectivity index (χ4v) is 1.45. The van der Waals surface area contributed by atoms with Crippen LogP contribution < -0.4 is 80.1 Å². The predicted molar refractivity (Wildman–Crippen MR) is 62.4 cm³/mol. The van der Waals surface area contributed by atoms with Crippen molar-refractivity contribution in [2.45, 2.75) is 18.9 Å². The molecule has 1 atom stereocenters. The molecule has 1 aromatic rings. The molecule has 0 aliphatic carbocycles. The van der Waals surface area contributed by atoms with Crippen molar-refractivity contribution in [2.24, 2.45) is 0 Å². The van der Waals surface area contributed by atoms with Crippen molar-refractivity contribution in [3.63, 3.8) is 0 Å². The van der Waals surface area contributed by atoms with Crippen molar-refractivity contribution in [1.29, 1.82) is 0 Å². The van der Waals surface area contributed by atoms with Crippen molar-refractivity contribution in [1.82, 2.24) is 5.32 Å². The van der Waals surface area contributed by atoms with Crippen LogP contribution >= 0.6 is 0 Å². The van der Waals surface area contributed by atoms with Crippen LogP contribution in [0, 0.1) is 0 Å². The second-order valence-electron chi connectivity index (χ2n) is 3.94. The van der Waals surface area contributed by atoms with Gasteiger partial charge in [-0.1, -0.05) is 0 Å². The summed E-state index contributed by atoms with van der Waals surface area (Å²) in [4.78, 5) is 32.8. The summed E-state index contributed by atoms with van der Waals surface area (Å²) < 4.78 is 0. The van der Waals surface area contributed by atoms with E-state index >= 15 is 0 Å². The minimum absolute atomic E-state index is 0. The van der Waals surface area contributed by atoms with Crippen molar-refractivity contribution in [3.8, 4) is 0 Å². The number of amides is 1. The fourth-order valence-electron chi connectivity index (χ4n) is 1.45. The number of carbonyl (C=O) groups is 3. The Bertz CT molecular complexity index is 509. The molecular weight excluding hydrogens is 314 g/mol. The van der Waals surface area contributed by atoms with Gasteiger partial charge in [0.05, 0.1) is 17.7 Å². The first-order valence-corrected chi connectivity index (χ1v) is 5.65. The molecule has 3 N–H and O–H groups in total. The zero-order valence-corrected chi connectivity index (χ0v) is 16.3. The van der Waals surface area contributed by atoms with Gasteiger partial charge in [0, 0.05) is 11.5 Å². The molecule has 0 radical (unpaired) electrons. The van der Waals surface area contributed by atoms with Gasteiger partial charge >= 0.3 is 59.1 Å². The van der Waals surface area contributed by atoms with Gasteiger partial charge in [-0.05, 0) is 37.1 Å². The van der Waals surface area contributed by atoms with E-state index in [1.54, 1.807) is 0 Å². The third-order valence-electron chi connectivity index (χ3n) is 2.50. The summed E-state index contributed by atoms with van der Waals surface area (Å²) in [6.07, 6.45) is -0.834. The van der Waals surface area contributed by atoms with Crippen LogP contribution in [0.1, 0.15) is 23.2 Å². The third-order valence-corrected chi connectivity index (χ3v) is 2.50. The van der Waals surface area contributed by atoms with Crippen LogP contribution in [0.15, 0.2) is 24.3 Å². The van der Waals surface area contributed by atoms with Crippen molar-refractivity contribution in [3.05, 3.63) is 29.8 Å². The monoisotopic (exact) mass is 326 g/mol. The molecule has 0 aliphatic rings. The number of carboxylic acid groups (broad SMARTS) is 2. The summed E-state index contributed by atoms with van der Waals surface area (Å²) in [5, 5.41) is 31.8. The largest absolute Gasteiger partial charge is 1.00 e. The molecule has 0 heterocycles. The Balaban J connectivity index is 0. The number of benzene rings is 1. The number of anilines is 1. The fraction of sp³-hybridized carbons (Fsp3) is 0.250. The molecule has 0 spiro atoms. The van der Waals surface area contributed by atoms with E-state index < -0.39 is 30.3 Å². The summed E-state index contributed by atoms with van der Waals surface area (Å²) >= 11 is 0. The van der Waals surface area contributed by atoms with E-state index in [4.69, 9.17) is 5.21 Å². The summed E-state index contributed by atoms with van der Waals surface area (Å²) in [7, 11) is 0. The van der Waals surface area contributed by atoms with Gasteiger partial charge < -0.3 is 25.1 Å². The molecule has 22 heavy (non-hydrogen) atoms. The minimum atomic E-state index is -1.58. The maximum Gasteiger partial charge on any atom is 1.00 e. The number of hydrogen-bond acceptors (Lipinski definition) is 7. The van der Waals surface area contributed by atoms with E-state index in [1.165, 1.54) is 24.3 Å². The molecule has 0 aromatic heterocycles. The molecular formula is C12H12N2Na2O6. The van der Waals surface area contributed by atoms with Gasteiger partial charge in [0.15, 0.2) is 0 Å². The van der Waals surface area contributed by atoms with Crippen LogP contribution in [0.3, 0.4) is 0 Å². The number of aliphatic carboxylic acids is 2. The van der Waals surface area contributed by atoms with Gasteiger partial charge in [-0.2, -0.15) is 0 Å². The molecule has 1 aromatic carbocycles. The first-order valence-electron chi connectivity index (χ1n) is 5.65. The quantitative estimate of drug-likeness (QED) is 0.334. The predicted octanol–water partition coefficient (Wildman–Crippen LogP) is -8.13. The van der Waals surface area contributed by atoms with E-state index in [9.17, 15) is 24.6 Å². The van der Waals surface area contributed by atoms with Crippen LogP contribution in [-0.2, 0) is 9.59 Å². The molecule has 108 valence electrons. The smallest absolute Gasteiger partial charge is 0.550 e. The molecule has 1 unspecified atom stereocenters. The van der Waals surface area contributed by atoms with E-state index in [0.29, 0.717) is 5.69 Å². The average Bonchev–Trinajstić information content (AvgIpc) is 2.42. The standard InChI is InChI=1S/C12H14N2O6.2Na/c15-10(16)6-5-9(12(18)19)13-11(17)7-1-3-8(14-20)4-2-7;;/h1-4,9,14,20H,5-6H2,(H,13,17)(H,15,16)(H,18,19);;/q;2*+1/p-2. The van der Waals surface area contributed by atoms with Gasteiger partial charge in [-0.3, -0.25) is 15.5 Å². The van der Waals surface area contributed by atoms with Crippen LogP contribution in [0.5, 0.6) is 0 Å². The van der Waals surface area contributed by atoms with E-state index in [-0.39, 0.29) is 71.1 Å². The summed E-state index contributed by atoms with van der Waals surface area (Å²) in [6, 6.07) is 4.11. The van der Waals surface area contributed by atoms with Gasteiger partial charge in [0.2, 0.25) is 0 Å². The van der Waals surface area contributed by atoms with Gasteiger partial charge in [-0.15, -0.1) is 0 Å². The summed E-state index contributed by atoms with van der Waals surface area (Å²) in [6.45, 7) is 0. The Kier molecular flexibility index (Phi) is 12.8. The zero-order chi connectivity index (χ0) is 15.1. The van der Waals surface area contributed by atoms with E-state index in [1.807, 2.05) is 5.48 Å². The summed E-state index contributed by atoms with van der Waals surface area (Å²) in [5.41, 5.74) is 2.39. The maximum atomic E-state index is 11.8. The first-order chi connectivity index (χ1) is 9.43. The molecule has 0 fully saturated rings. The molecule has 8 nitrogen and oxygen atoms in total. The SMILES string of the molecule is O=C([O-])CCC(NC(=O)c1ccc(NO)cc1)C(=O)[O-].[Na+].[Na+]. The number of rotatable bonds is 7. The molecule has 1 amide bonds. The molecule has 0 saturated carbocycles.